The van der Waals surface area contributed by atoms with Crippen LogP contribution in [-0.4, -0.2) is 49.2 Å². The summed E-state index contributed by atoms with van der Waals surface area (Å²) >= 11 is 1.87. The lowest BCUT2D eigenvalue weighted by molar-refractivity contribution is 0.110. The summed E-state index contributed by atoms with van der Waals surface area (Å²) in [6, 6.07) is 8.69. The van der Waals surface area contributed by atoms with E-state index in [2.05, 4.69) is 44.2 Å². The molecule has 1 aromatic carbocycles. The molecule has 0 heterocycles. The number of likely N-dealkylation sites (N-methyl/N-ethyl adjacent to an activating group) is 1. The Morgan fingerprint density at radius 3 is 2.60 bits per heavy atom. The van der Waals surface area contributed by atoms with Crippen molar-refractivity contribution in [2.24, 2.45) is 5.73 Å². The molecule has 0 aliphatic rings. The second kappa shape index (κ2) is 7.91. The predicted molar refractivity (Wildman–Crippen MR) is 89.8 cm³/mol. The lowest BCUT2D eigenvalue weighted by atomic mass is 9.90. The largest absolute Gasteiger partial charge is 0.496 e. The highest BCUT2D eigenvalue weighted by molar-refractivity contribution is 7.98. The fourth-order valence-corrected chi connectivity index (χ4v) is 3.19. The third-order valence-electron chi connectivity index (χ3n) is 4.12. The molecule has 0 saturated heterocycles. The van der Waals surface area contributed by atoms with Crippen LogP contribution in [0, 0.1) is 0 Å². The van der Waals surface area contributed by atoms with Crippen LogP contribution in [0.4, 0.5) is 0 Å². The highest BCUT2D eigenvalue weighted by Gasteiger charge is 2.31. The van der Waals surface area contributed by atoms with E-state index in [4.69, 9.17) is 10.5 Å². The zero-order chi connectivity index (χ0) is 15.2. The van der Waals surface area contributed by atoms with Gasteiger partial charge in [-0.05, 0) is 45.2 Å². The Bertz CT molecular complexity index is 413. The molecule has 0 saturated carbocycles. The molecule has 0 aromatic heterocycles. The van der Waals surface area contributed by atoms with Crippen LogP contribution in [0.5, 0.6) is 5.75 Å². The zero-order valence-electron chi connectivity index (χ0n) is 13.3. The second-order valence-corrected chi connectivity index (χ2v) is 6.52. The first-order chi connectivity index (χ1) is 9.48. The normalized spacial score (nSPS) is 15.9. The van der Waals surface area contributed by atoms with Gasteiger partial charge < -0.3 is 10.5 Å². The van der Waals surface area contributed by atoms with E-state index in [1.165, 1.54) is 5.56 Å². The number of hydrogen-bond acceptors (Lipinski definition) is 4. The quantitative estimate of drug-likeness (QED) is 0.800. The first-order valence-electron chi connectivity index (χ1n) is 7.02. The maximum atomic E-state index is 6.09. The minimum Gasteiger partial charge on any atom is -0.496 e. The van der Waals surface area contributed by atoms with Gasteiger partial charge in [-0.1, -0.05) is 18.2 Å². The van der Waals surface area contributed by atoms with Crippen molar-refractivity contribution in [2.45, 2.75) is 31.8 Å². The number of benzene rings is 1. The van der Waals surface area contributed by atoms with Crippen molar-refractivity contribution in [2.75, 3.05) is 32.7 Å². The summed E-state index contributed by atoms with van der Waals surface area (Å²) in [5, 5.41) is 0. The van der Waals surface area contributed by atoms with E-state index in [1.807, 2.05) is 23.9 Å². The van der Waals surface area contributed by atoms with Crippen LogP contribution in [0.2, 0.25) is 0 Å². The van der Waals surface area contributed by atoms with Crippen LogP contribution < -0.4 is 10.5 Å². The minimum absolute atomic E-state index is 0.0657. The van der Waals surface area contributed by atoms with Gasteiger partial charge >= 0.3 is 0 Å². The van der Waals surface area contributed by atoms with E-state index < -0.39 is 0 Å². The average Bonchev–Trinajstić information content (AvgIpc) is 2.47. The highest BCUT2D eigenvalue weighted by atomic mass is 32.2. The van der Waals surface area contributed by atoms with Crippen molar-refractivity contribution >= 4 is 11.8 Å². The van der Waals surface area contributed by atoms with E-state index in [0.29, 0.717) is 12.6 Å². The number of ether oxygens (including phenoxy) is 1. The first kappa shape index (κ1) is 17.3. The average molecular weight is 296 g/mol. The standard InChI is InChI=1S/C16H28N2OS/c1-13(11-20-5)18(3)16(2,12-17)10-14-8-6-7-9-15(14)19-4/h6-9,13H,10-12,17H2,1-5H3. The number of methoxy groups -OCH3 is 1. The molecule has 0 amide bonds. The molecule has 2 N–H and O–H groups in total. The molecule has 0 aliphatic carbocycles. The molecule has 0 spiro atoms. The predicted octanol–water partition coefficient (Wildman–Crippen LogP) is 2.64. The lowest BCUT2D eigenvalue weighted by Gasteiger charge is -2.42. The maximum absolute atomic E-state index is 6.09. The minimum atomic E-state index is -0.0657. The molecule has 2 atom stereocenters. The van der Waals surface area contributed by atoms with Gasteiger partial charge in [-0.25, -0.2) is 0 Å². The molecule has 0 fully saturated rings. The van der Waals surface area contributed by atoms with Crippen LogP contribution in [0.1, 0.15) is 19.4 Å². The number of rotatable bonds is 8. The van der Waals surface area contributed by atoms with Gasteiger partial charge in [0, 0.05) is 23.9 Å². The summed E-state index contributed by atoms with van der Waals surface area (Å²) in [7, 11) is 3.89. The van der Waals surface area contributed by atoms with Crippen molar-refractivity contribution in [3.05, 3.63) is 29.8 Å². The Balaban J connectivity index is 2.93. The number of hydrogen-bond donors (Lipinski definition) is 1. The summed E-state index contributed by atoms with van der Waals surface area (Å²) in [5.74, 6) is 2.05. The molecule has 114 valence electrons. The summed E-state index contributed by atoms with van der Waals surface area (Å²) in [5.41, 5.74) is 7.24. The van der Waals surface area contributed by atoms with Gasteiger partial charge in [0.25, 0.3) is 0 Å². The molecule has 0 radical (unpaired) electrons. The van der Waals surface area contributed by atoms with Gasteiger partial charge in [0.15, 0.2) is 0 Å². The molecular weight excluding hydrogens is 268 g/mol. The molecule has 1 rings (SSSR count). The Hall–Kier alpha value is -0.710. The third kappa shape index (κ3) is 4.14. The van der Waals surface area contributed by atoms with Gasteiger partial charge in [-0.3, -0.25) is 4.90 Å². The van der Waals surface area contributed by atoms with E-state index >= 15 is 0 Å². The van der Waals surface area contributed by atoms with Crippen molar-refractivity contribution in [3.63, 3.8) is 0 Å². The molecule has 4 heteroatoms. The van der Waals surface area contributed by atoms with Crippen LogP contribution >= 0.6 is 11.8 Å². The molecule has 0 bridgehead atoms. The number of para-hydroxylation sites is 1. The van der Waals surface area contributed by atoms with Gasteiger partial charge in [0.1, 0.15) is 5.75 Å². The molecule has 3 nitrogen and oxygen atoms in total. The van der Waals surface area contributed by atoms with E-state index in [0.717, 1.165) is 17.9 Å². The van der Waals surface area contributed by atoms with Crippen molar-refractivity contribution in [3.8, 4) is 5.75 Å². The van der Waals surface area contributed by atoms with Gasteiger partial charge in [-0.2, -0.15) is 11.8 Å². The van der Waals surface area contributed by atoms with Crippen LogP contribution in [0.25, 0.3) is 0 Å². The van der Waals surface area contributed by atoms with Crippen LogP contribution in [0.3, 0.4) is 0 Å². The third-order valence-corrected chi connectivity index (χ3v) is 4.94. The summed E-state index contributed by atoms with van der Waals surface area (Å²) in [4.78, 5) is 2.40. The maximum Gasteiger partial charge on any atom is 0.122 e. The van der Waals surface area contributed by atoms with Crippen LogP contribution in [-0.2, 0) is 6.42 Å². The summed E-state index contributed by atoms with van der Waals surface area (Å²) in [6.07, 6.45) is 3.03. The Morgan fingerprint density at radius 2 is 2.05 bits per heavy atom. The Morgan fingerprint density at radius 1 is 1.40 bits per heavy atom. The van der Waals surface area contributed by atoms with Gasteiger partial charge in [0.05, 0.1) is 7.11 Å². The van der Waals surface area contributed by atoms with Crippen molar-refractivity contribution in [1.82, 2.24) is 4.90 Å². The number of nitrogens with zero attached hydrogens (tertiary/aromatic N) is 1. The summed E-state index contributed by atoms with van der Waals surface area (Å²) < 4.78 is 5.46. The molecule has 0 aliphatic heterocycles. The van der Waals surface area contributed by atoms with E-state index in [9.17, 15) is 0 Å². The Kier molecular flexibility index (Phi) is 6.86. The topological polar surface area (TPSA) is 38.5 Å². The fourth-order valence-electron chi connectivity index (χ4n) is 2.49. The fraction of sp³-hybridized carbons (Fsp3) is 0.625. The molecule has 20 heavy (non-hydrogen) atoms. The van der Waals surface area contributed by atoms with E-state index in [-0.39, 0.29) is 5.54 Å². The number of thioether (sulfide) groups is 1. The Labute approximate surface area is 127 Å². The zero-order valence-corrected chi connectivity index (χ0v) is 14.2. The first-order valence-corrected chi connectivity index (χ1v) is 8.41. The SMILES string of the molecule is COc1ccccc1CC(C)(CN)N(C)C(C)CSC. The molecular formula is C16H28N2OS. The van der Waals surface area contributed by atoms with E-state index in [1.54, 1.807) is 7.11 Å². The van der Waals surface area contributed by atoms with Crippen molar-refractivity contribution < 1.29 is 4.74 Å². The highest BCUT2D eigenvalue weighted by Crippen LogP contribution is 2.27. The smallest absolute Gasteiger partial charge is 0.122 e. The monoisotopic (exact) mass is 296 g/mol. The number of nitrogens with two attached hydrogens (primary N) is 1. The second-order valence-electron chi connectivity index (χ2n) is 5.60. The molecule has 1 aromatic rings. The summed E-state index contributed by atoms with van der Waals surface area (Å²) in [6.45, 7) is 5.11. The van der Waals surface area contributed by atoms with Crippen LogP contribution in [0.15, 0.2) is 24.3 Å². The lowest BCUT2D eigenvalue weighted by Crippen LogP contribution is -2.55. The van der Waals surface area contributed by atoms with Crippen molar-refractivity contribution in [1.29, 1.82) is 0 Å². The van der Waals surface area contributed by atoms with Gasteiger partial charge in [-0.15, -0.1) is 0 Å². The molecule has 2 unspecified atom stereocenters. The van der Waals surface area contributed by atoms with Gasteiger partial charge in [0.2, 0.25) is 0 Å².